The number of benzene rings is 2. The van der Waals surface area contributed by atoms with E-state index in [4.69, 9.17) is 16.3 Å². The first-order valence-corrected chi connectivity index (χ1v) is 9.41. The predicted octanol–water partition coefficient (Wildman–Crippen LogP) is 4.14. The zero-order valence-electron chi connectivity index (χ0n) is 14.7. The van der Waals surface area contributed by atoms with Crippen molar-refractivity contribution in [3.05, 3.63) is 57.9 Å². The van der Waals surface area contributed by atoms with Crippen molar-refractivity contribution in [2.75, 3.05) is 7.11 Å². The molecule has 1 aromatic heterocycles. The van der Waals surface area contributed by atoms with Gasteiger partial charge in [-0.1, -0.05) is 35.9 Å². The lowest BCUT2D eigenvalue weighted by Gasteiger charge is -2.13. The molecule has 0 saturated carbocycles. The molecule has 1 heterocycles. The smallest absolute Gasteiger partial charge is 0.326 e. The second-order valence-electron chi connectivity index (χ2n) is 5.75. The topological polar surface area (TPSA) is 80.9 Å². The summed E-state index contributed by atoms with van der Waals surface area (Å²) >= 11 is 7.46. The second-order valence-corrected chi connectivity index (χ2v) is 7.14. The fraction of sp³-hybridized carbons (Fsp3) is 0.211. The van der Waals surface area contributed by atoms with Crippen molar-refractivity contribution in [3.63, 3.8) is 0 Å². The zero-order chi connectivity index (χ0) is 19.6. The maximum absolute atomic E-state index is 12.6. The molecule has 3 rings (SSSR count). The van der Waals surface area contributed by atoms with Crippen molar-refractivity contribution in [1.82, 2.24) is 4.57 Å². The van der Waals surface area contributed by atoms with Crippen LogP contribution in [-0.4, -0.2) is 28.7 Å². The van der Waals surface area contributed by atoms with Gasteiger partial charge in [0.2, 0.25) is 0 Å². The van der Waals surface area contributed by atoms with Gasteiger partial charge in [-0.05, 0) is 42.8 Å². The first-order valence-electron chi connectivity index (χ1n) is 8.21. The first kappa shape index (κ1) is 19.1. The SMILES string of the molecule is CCC(C(=O)O)n1c(=NC(=O)c2ccc(OC)cc2)sc2c(Cl)cccc21. The molecule has 27 heavy (non-hydrogen) atoms. The minimum atomic E-state index is -0.990. The van der Waals surface area contributed by atoms with Gasteiger partial charge in [-0.25, -0.2) is 4.79 Å². The van der Waals surface area contributed by atoms with Gasteiger partial charge in [-0.3, -0.25) is 4.79 Å². The molecule has 0 saturated heterocycles. The number of aromatic nitrogens is 1. The quantitative estimate of drug-likeness (QED) is 0.692. The van der Waals surface area contributed by atoms with Gasteiger partial charge in [0.1, 0.15) is 11.8 Å². The van der Waals surface area contributed by atoms with E-state index in [1.807, 2.05) is 0 Å². The van der Waals surface area contributed by atoms with E-state index in [9.17, 15) is 14.7 Å². The highest BCUT2D eigenvalue weighted by Gasteiger charge is 2.22. The van der Waals surface area contributed by atoms with Crippen LogP contribution < -0.4 is 9.54 Å². The molecule has 1 N–H and O–H groups in total. The Morgan fingerprint density at radius 2 is 1.96 bits per heavy atom. The monoisotopic (exact) mass is 404 g/mol. The van der Waals surface area contributed by atoms with Crippen LogP contribution in [0.25, 0.3) is 10.2 Å². The Bertz CT molecular complexity index is 1070. The van der Waals surface area contributed by atoms with Crippen LogP contribution in [0.15, 0.2) is 47.5 Å². The van der Waals surface area contributed by atoms with E-state index in [-0.39, 0.29) is 0 Å². The molecule has 0 fully saturated rings. The van der Waals surface area contributed by atoms with Gasteiger partial charge in [0.25, 0.3) is 5.91 Å². The van der Waals surface area contributed by atoms with Crippen LogP contribution in [0.3, 0.4) is 0 Å². The van der Waals surface area contributed by atoms with Crippen LogP contribution in [0.5, 0.6) is 5.75 Å². The fourth-order valence-electron chi connectivity index (χ4n) is 2.76. The van der Waals surface area contributed by atoms with Gasteiger partial charge < -0.3 is 14.4 Å². The fourth-order valence-corrected chi connectivity index (χ4v) is 4.12. The van der Waals surface area contributed by atoms with E-state index in [1.54, 1.807) is 61.1 Å². The largest absolute Gasteiger partial charge is 0.497 e. The zero-order valence-corrected chi connectivity index (χ0v) is 16.3. The summed E-state index contributed by atoms with van der Waals surface area (Å²) in [6, 6.07) is 11.0. The number of methoxy groups -OCH3 is 1. The molecule has 0 radical (unpaired) electrons. The summed E-state index contributed by atoms with van der Waals surface area (Å²) in [5, 5.41) is 10.1. The van der Waals surface area contributed by atoms with Crippen molar-refractivity contribution >= 4 is 45.0 Å². The molecule has 140 valence electrons. The lowest BCUT2D eigenvalue weighted by atomic mass is 10.2. The number of amides is 1. The Labute approximate surface area is 164 Å². The number of ether oxygens (including phenoxy) is 1. The maximum atomic E-state index is 12.6. The summed E-state index contributed by atoms with van der Waals surface area (Å²) in [7, 11) is 1.54. The van der Waals surface area contributed by atoms with Gasteiger partial charge in [-0.15, -0.1) is 0 Å². The molecule has 1 amide bonds. The maximum Gasteiger partial charge on any atom is 0.326 e. The Morgan fingerprint density at radius 1 is 1.26 bits per heavy atom. The minimum absolute atomic E-state index is 0.299. The van der Waals surface area contributed by atoms with E-state index in [0.29, 0.717) is 37.8 Å². The predicted molar refractivity (Wildman–Crippen MR) is 105 cm³/mol. The summed E-state index contributed by atoms with van der Waals surface area (Å²) in [4.78, 5) is 28.9. The number of halogens is 1. The first-order chi connectivity index (χ1) is 13.0. The van der Waals surface area contributed by atoms with Gasteiger partial charge in [-0.2, -0.15) is 4.99 Å². The summed E-state index contributed by atoms with van der Waals surface area (Å²) in [5.41, 5.74) is 1.03. The minimum Gasteiger partial charge on any atom is -0.497 e. The van der Waals surface area contributed by atoms with Crippen molar-refractivity contribution in [3.8, 4) is 5.75 Å². The summed E-state index contributed by atoms with van der Waals surface area (Å²) < 4.78 is 7.35. The van der Waals surface area contributed by atoms with Crippen molar-refractivity contribution in [2.45, 2.75) is 19.4 Å². The number of carbonyl (C=O) groups is 2. The van der Waals surface area contributed by atoms with Gasteiger partial charge in [0.05, 0.1) is 22.3 Å². The molecule has 1 atom stereocenters. The normalized spacial score (nSPS) is 12.9. The standard InChI is InChI=1S/C19H17ClN2O4S/c1-3-14(18(24)25)22-15-6-4-5-13(20)16(15)27-19(22)21-17(23)11-7-9-12(26-2)10-8-11/h4-10,14H,3H2,1-2H3,(H,24,25). The highest BCUT2D eigenvalue weighted by atomic mass is 35.5. The van der Waals surface area contributed by atoms with Crippen molar-refractivity contribution in [1.29, 1.82) is 0 Å². The average molecular weight is 405 g/mol. The molecule has 6 nitrogen and oxygen atoms in total. The summed E-state index contributed by atoms with van der Waals surface area (Å²) in [6.07, 6.45) is 0.345. The molecule has 3 aromatic rings. The second kappa shape index (κ2) is 7.94. The highest BCUT2D eigenvalue weighted by molar-refractivity contribution is 7.17. The molecule has 0 aliphatic rings. The van der Waals surface area contributed by atoms with Crippen LogP contribution in [0, 0.1) is 0 Å². The molecule has 2 aromatic carbocycles. The average Bonchev–Trinajstić information content (AvgIpc) is 3.02. The number of nitrogens with zero attached hydrogens (tertiary/aromatic N) is 2. The van der Waals surface area contributed by atoms with E-state index >= 15 is 0 Å². The molecule has 0 aliphatic heterocycles. The number of carbonyl (C=O) groups excluding carboxylic acids is 1. The Balaban J connectivity index is 2.19. The third-order valence-corrected chi connectivity index (χ3v) is 5.65. The Hall–Kier alpha value is -2.64. The number of rotatable bonds is 5. The van der Waals surface area contributed by atoms with Gasteiger partial charge in [0, 0.05) is 5.56 Å². The number of fused-ring (bicyclic) bond motifs is 1. The molecular weight excluding hydrogens is 388 g/mol. The lowest BCUT2D eigenvalue weighted by Crippen LogP contribution is -2.27. The molecule has 8 heteroatoms. The van der Waals surface area contributed by atoms with Gasteiger partial charge >= 0.3 is 5.97 Å². The Morgan fingerprint density at radius 3 is 2.56 bits per heavy atom. The third-order valence-electron chi connectivity index (χ3n) is 4.12. The number of hydrogen-bond donors (Lipinski definition) is 1. The summed E-state index contributed by atoms with van der Waals surface area (Å²) in [5.74, 6) is -0.822. The van der Waals surface area contributed by atoms with E-state index < -0.39 is 17.9 Å². The van der Waals surface area contributed by atoms with Crippen LogP contribution >= 0.6 is 22.9 Å². The summed E-state index contributed by atoms with van der Waals surface area (Å²) in [6.45, 7) is 1.77. The highest BCUT2D eigenvalue weighted by Crippen LogP contribution is 2.29. The van der Waals surface area contributed by atoms with E-state index in [0.717, 1.165) is 0 Å². The number of thiazole rings is 1. The molecule has 1 unspecified atom stereocenters. The van der Waals surface area contributed by atoms with Crippen LogP contribution in [-0.2, 0) is 4.79 Å². The van der Waals surface area contributed by atoms with E-state index in [1.165, 1.54) is 11.3 Å². The number of aliphatic carboxylic acids is 1. The lowest BCUT2D eigenvalue weighted by molar-refractivity contribution is -0.140. The van der Waals surface area contributed by atoms with E-state index in [2.05, 4.69) is 4.99 Å². The number of carboxylic acids is 1. The van der Waals surface area contributed by atoms with Crippen LogP contribution in [0.4, 0.5) is 0 Å². The molecule has 0 bridgehead atoms. The number of carboxylic acid groups (broad SMARTS) is 1. The van der Waals surface area contributed by atoms with Crippen LogP contribution in [0.2, 0.25) is 5.02 Å². The van der Waals surface area contributed by atoms with Crippen molar-refractivity contribution in [2.24, 2.45) is 4.99 Å². The number of hydrogen-bond acceptors (Lipinski definition) is 4. The van der Waals surface area contributed by atoms with Crippen molar-refractivity contribution < 1.29 is 19.4 Å². The van der Waals surface area contributed by atoms with Gasteiger partial charge in [0.15, 0.2) is 4.80 Å². The molecule has 0 spiro atoms. The molecule has 0 aliphatic carbocycles. The third kappa shape index (κ3) is 3.74. The van der Waals surface area contributed by atoms with Crippen LogP contribution in [0.1, 0.15) is 29.7 Å². The molecular formula is C19H17ClN2O4S. The Kier molecular flexibility index (Phi) is 5.62.